The van der Waals surface area contributed by atoms with Gasteiger partial charge < -0.3 is 24.5 Å². The number of hydrogen-bond donors (Lipinski definition) is 0. The third kappa shape index (κ3) is 7.89. The van der Waals surface area contributed by atoms with Crippen molar-refractivity contribution in [2.75, 3.05) is 24.5 Å². The molecule has 0 aromatic heterocycles. The van der Waals surface area contributed by atoms with Crippen LogP contribution in [0.25, 0.3) is 0 Å². The summed E-state index contributed by atoms with van der Waals surface area (Å²) in [7, 11) is 0. The van der Waals surface area contributed by atoms with Gasteiger partial charge in [-0.05, 0) is 165 Å². The van der Waals surface area contributed by atoms with Gasteiger partial charge in [0.25, 0.3) is 13.4 Å². The number of hydrogen-bond acceptors (Lipinski definition) is 5. The van der Waals surface area contributed by atoms with Crippen molar-refractivity contribution in [3.05, 3.63) is 344 Å². The Morgan fingerprint density at radius 2 is 0.523 bits per heavy atom. The fourth-order valence-corrected chi connectivity index (χ4v) is 14.6. The second kappa shape index (κ2) is 20.4. The van der Waals surface area contributed by atoms with E-state index in [0.717, 1.165) is 62.6 Å². The highest BCUT2D eigenvalue weighted by Crippen LogP contribution is 2.52. The van der Waals surface area contributed by atoms with Crippen molar-refractivity contribution in [1.29, 1.82) is 0 Å². The molecule has 0 bridgehead atoms. The third-order valence-corrected chi connectivity index (χ3v) is 18.0. The summed E-state index contributed by atoms with van der Waals surface area (Å²) in [5, 5.41) is 0. The standard InChI is InChI=1S/C79H55B2N5/c1-9-29-55(30-10-1)77(56-31-11-2-12-32-56)57-49-73-78-74(50-57)85(62-41-21-7-22-42-62)71-54-72-68(53-67(71)80(78)65-45-25-27-47-69(65)83(73)60-37-17-5-18-38-60)81-66-46-26-28-48-70(66)84(61-39-19-6-20-40-61)75-51-64(52-76(79(75)81)86(72)63-43-23-8-24-44-63)82(58-33-13-3-14-34-58)59-35-15-4-16-36-59/h1-54,77H. The zero-order valence-electron chi connectivity index (χ0n) is 47.1. The summed E-state index contributed by atoms with van der Waals surface area (Å²) >= 11 is 0. The van der Waals surface area contributed by atoms with Crippen molar-refractivity contribution < 1.29 is 0 Å². The van der Waals surface area contributed by atoms with Crippen molar-refractivity contribution >= 4 is 132 Å². The highest BCUT2D eigenvalue weighted by atomic mass is 15.2. The van der Waals surface area contributed by atoms with Crippen LogP contribution in [0, 0.1) is 0 Å². The lowest BCUT2D eigenvalue weighted by Gasteiger charge is -2.47. The maximum absolute atomic E-state index is 2.63. The van der Waals surface area contributed by atoms with Gasteiger partial charge in [-0.3, -0.25) is 0 Å². The first-order valence-corrected chi connectivity index (χ1v) is 29.9. The van der Waals surface area contributed by atoms with E-state index >= 15 is 0 Å². The largest absolute Gasteiger partial charge is 0.311 e. The van der Waals surface area contributed by atoms with E-state index in [2.05, 4.69) is 352 Å². The van der Waals surface area contributed by atoms with E-state index in [9.17, 15) is 0 Å². The molecule has 0 spiro atoms. The third-order valence-electron chi connectivity index (χ3n) is 18.0. The van der Waals surface area contributed by atoms with Gasteiger partial charge in [0.05, 0.1) is 5.69 Å². The van der Waals surface area contributed by atoms with Gasteiger partial charge >= 0.3 is 0 Å². The summed E-state index contributed by atoms with van der Waals surface area (Å²) < 4.78 is 0. The molecular weight excluding hydrogens is 1040 g/mol. The van der Waals surface area contributed by atoms with Gasteiger partial charge in [-0.2, -0.15) is 0 Å². The van der Waals surface area contributed by atoms with Crippen molar-refractivity contribution in [3.8, 4) is 0 Å². The number of nitrogens with zero attached hydrogens (tertiary/aromatic N) is 5. The SMILES string of the molecule is c1ccc(C(c2ccccc2)c2cc3c4c(c2)N(c2ccccc2)c2cc5c(cc2B4c2ccccc2N3c2ccccc2)B2c3ccccc3N(c3ccccc3)c3cc(N(c4ccccc4)c4ccccc4)cc(c32)N5c2ccccc2)cc1. The van der Waals surface area contributed by atoms with E-state index in [1.807, 2.05) is 0 Å². The molecule has 0 amide bonds. The number of para-hydroxylation sites is 8. The van der Waals surface area contributed by atoms with Crippen LogP contribution in [0.15, 0.2) is 328 Å². The zero-order valence-corrected chi connectivity index (χ0v) is 47.1. The second-order valence-corrected chi connectivity index (χ2v) is 22.8. The molecule has 86 heavy (non-hydrogen) atoms. The molecule has 5 nitrogen and oxygen atoms in total. The molecule has 0 unspecified atom stereocenters. The van der Waals surface area contributed by atoms with E-state index in [0.29, 0.717) is 0 Å². The Kier molecular flexibility index (Phi) is 11.8. The topological polar surface area (TPSA) is 16.2 Å². The molecule has 7 heteroatoms. The van der Waals surface area contributed by atoms with Crippen LogP contribution in [0.4, 0.5) is 85.3 Å². The molecular formula is C79H55B2N5. The summed E-state index contributed by atoms with van der Waals surface area (Å²) in [5.41, 5.74) is 28.3. The molecule has 0 atom stereocenters. The van der Waals surface area contributed by atoms with Crippen LogP contribution in [0.5, 0.6) is 0 Å². The normalized spacial score (nSPS) is 13.1. The predicted molar refractivity (Wildman–Crippen MR) is 363 cm³/mol. The van der Waals surface area contributed by atoms with Gasteiger partial charge in [0.15, 0.2) is 0 Å². The smallest absolute Gasteiger partial charge is 0.252 e. The molecule has 402 valence electrons. The van der Waals surface area contributed by atoms with Gasteiger partial charge in [0, 0.05) is 85.5 Å². The van der Waals surface area contributed by atoms with Crippen molar-refractivity contribution in [1.82, 2.24) is 0 Å². The molecule has 0 aliphatic carbocycles. The molecule has 0 radical (unpaired) electrons. The average molecular weight is 1100 g/mol. The Labute approximate surface area is 503 Å². The van der Waals surface area contributed by atoms with Gasteiger partial charge in [-0.15, -0.1) is 0 Å². The molecule has 0 saturated heterocycles. The van der Waals surface area contributed by atoms with Crippen LogP contribution >= 0.6 is 0 Å². The number of anilines is 15. The minimum absolute atomic E-state index is 0.0589. The van der Waals surface area contributed by atoms with E-state index in [1.165, 1.54) is 72.2 Å². The van der Waals surface area contributed by atoms with Crippen molar-refractivity contribution in [2.24, 2.45) is 0 Å². The van der Waals surface area contributed by atoms with Crippen LogP contribution in [0.1, 0.15) is 22.6 Å². The number of rotatable bonds is 10. The van der Waals surface area contributed by atoms with E-state index in [1.54, 1.807) is 0 Å². The highest BCUT2D eigenvalue weighted by molar-refractivity contribution is 7.03. The molecule has 4 aliphatic heterocycles. The summed E-state index contributed by atoms with van der Waals surface area (Å²) in [6, 6.07) is 121. The Bertz CT molecular complexity index is 4300. The van der Waals surface area contributed by atoms with E-state index < -0.39 is 0 Å². The lowest BCUT2D eigenvalue weighted by molar-refractivity contribution is 0.975. The summed E-state index contributed by atoms with van der Waals surface area (Å²) in [4.78, 5) is 12.6. The lowest BCUT2D eigenvalue weighted by atomic mass is 9.30. The van der Waals surface area contributed by atoms with Gasteiger partial charge in [-0.25, -0.2) is 0 Å². The zero-order chi connectivity index (χ0) is 56.7. The number of benzene rings is 13. The second-order valence-electron chi connectivity index (χ2n) is 22.8. The van der Waals surface area contributed by atoms with E-state index in [-0.39, 0.29) is 19.3 Å². The molecule has 4 heterocycles. The first-order valence-electron chi connectivity index (χ1n) is 29.9. The van der Waals surface area contributed by atoms with Crippen molar-refractivity contribution in [2.45, 2.75) is 5.92 Å². The van der Waals surface area contributed by atoms with Crippen LogP contribution < -0.4 is 57.3 Å². The fraction of sp³-hybridized carbons (Fsp3) is 0.0127. The van der Waals surface area contributed by atoms with E-state index in [4.69, 9.17) is 0 Å². The predicted octanol–water partition coefficient (Wildman–Crippen LogP) is 16.5. The molecule has 4 aliphatic rings. The first-order chi connectivity index (χ1) is 42.7. The van der Waals surface area contributed by atoms with Gasteiger partial charge in [-0.1, -0.05) is 212 Å². The first kappa shape index (κ1) is 49.6. The summed E-state index contributed by atoms with van der Waals surface area (Å²) in [6.07, 6.45) is 0. The quantitative estimate of drug-likeness (QED) is 0.0999. The monoisotopic (exact) mass is 1100 g/mol. The summed E-state index contributed by atoms with van der Waals surface area (Å²) in [5.74, 6) is -0.0589. The molecule has 0 fully saturated rings. The Morgan fingerprint density at radius 3 is 0.895 bits per heavy atom. The Balaban J connectivity index is 0.995. The molecule has 0 saturated carbocycles. The minimum Gasteiger partial charge on any atom is -0.311 e. The van der Waals surface area contributed by atoms with Crippen LogP contribution in [0.2, 0.25) is 0 Å². The Morgan fingerprint density at radius 1 is 0.221 bits per heavy atom. The van der Waals surface area contributed by atoms with Crippen molar-refractivity contribution in [3.63, 3.8) is 0 Å². The Hall–Kier alpha value is -11.0. The maximum Gasteiger partial charge on any atom is 0.252 e. The van der Waals surface area contributed by atoms with Crippen LogP contribution in [-0.2, 0) is 0 Å². The fourth-order valence-electron chi connectivity index (χ4n) is 14.6. The number of fused-ring (bicyclic) bond motifs is 8. The van der Waals surface area contributed by atoms with Crippen LogP contribution in [0.3, 0.4) is 0 Å². The molecule has 13 aromatic rings. The minimum atomic E-state index is -0.141. The van der Waals surface area contributed by atoms with Gasteiger partial charge in [0.1, 0.15) is 0 Å². The summed E-state index contributed by atoms with van der Waals surface area (Å²) in [6.45, 7) is -0.270. The molecule has 17 rings (SSSR count). The van der Waals surface area contributed by atoms with Crippen LogP contribution in [-0.4, -0.2) is 13.4 Å². The molecule has 0 N–H and O–H groups in total. The maximum atomic E-state index is 2.63. The van der Waals surface area contributed by atoms with Gasteiger partial charge in [0.2, 0.25) is 0 Å². The molecule has 13 aromatic carbocycles. The lowest BCUT2D eigenvalue weighted by Crippen LogP contribution is -2.65. The highest BCUT2D eigenvalue weighted by Gasteiger charge is 2.49. The average Bonchev–Trinajstić information content (AvgIpc) is 0.707.